The van der Waals surface area contributed by atoms with Gasteiger partial charge in [-0.25, -0.2) is 0 Å². The van der Waals surface area contributed by atoms with E-state index in [4.69, 9.17) is 5.11 Å². The zero-order chi connectivity index (χ0) is 12.4. The van der Waals surface area contributed by atoms with Crippen LogP contribution in [0, 0.1) is 0 Å². The van der Waals surface area contributed by atoms with Gasteiger partial charge in [-0.1, -0.05) is 13.0 Å². The second kappa shape index (κ2) is 4.41. The van der Waals surface area contributed by atoms with Crippen LogP contribution in [-0.4, -0.2) is 21.2 Å². The highest BCUT2D eigenvalue weighted by Crippen LogP contribution is 2.25. The number of hydrogen-bond acceptors (Lipinski definition) is 3. The summed E-state index contributed by atoms with van der Waals surface area (Å²) in [6.07, 6.45) is 0.700. The molecule has 0 fully saturated rings. The third kappa shape index (κ3) is 2.36. The molecule has 1 heterocycles. The number of fused-ring (bicyclic) bond motifs is 1. The Morgan fingerprint density at radius 3 is 2.76 bits per heavy atom. The number of aromatic nitrogens is 1. The van der Waals surface area contributed by atoms with E-state index in [9.17, 15) is 9.90 Å². The van der Waals surface area contributed by atoms with Crippen molar-refractivity contribution in [2.75, 3.05) is 0 Å². The topological polar surface area (TPSA) is 70.4 Å². The molecule has 17 heavy (non-hydrogen) atoms. The number of aromatic hydroxyl groups is 1. The third-order valence-electron chi connectivity index (χ3n) is 2.64. The van der Waals surface area contributed by atoms with E-state index in [0.29, 0.717) is 16.6 Å². The molecule has 0 aliphatic carbocycles. The molecule has 0 amide bonds. The number of carboxylic acid groups (broad SMARTS) is 1. The maximum atomic E-state index is 10.6. The van der Waals surface area contributed by atoms with Gasteiger partial charge in [-0.3, -0.25) is 9.78 Å². The van der Waals surface area contributed by atoms with Gasteiger partial charge in [0.2, 0.25) is 0 Å². The maximum absolute atomic E-state index is 10.6. The fourth-order valence-corrected chi connectivity index (χ4v) is 1.77. The molecule has 1 aromatic carbocycles. The van der Waals surface area contributed by atoms with Crippen molar-refractivity contribution >= 4 is 16.9 Å². The number of carboxylic acids is 1. The molecule has 2 rings (SSSR count). The molecule has 0 atom stereocenters. The average molecular weight is 231 g/mol. The molecule has 0 radical (unpaired) electrons. The van der Waals surface area contributed by atoms with E-state index < -0.39 is 5.97 Å². The molecule has 2 aromatic rings. The van der Waals surface area contributed by atoms with E-state index in [1.165, 1.54) is 6.07 Å². The van der Waals surface area contributed by atoms with Crippen molar-refractivity contribution in [2.24, 2.45) is 0 Å². The summed E-state index contributed by atoms with van der Waals surface area (Å²) in [6, 6.07) is 7.02. The van der Waals surface area contributed by atoms with Crippen molar-refractivity contribution in [3.05, 3.63) is 35.5 Å². The Bertz CT molecular complexity index is 578. The summed E-state index contributed by atoms with van der Waals surface area (Å²) in [7, 11) is 0. The number of aryl methyl sites for hydroxylation is 1. The first-order valence-electron chi connectivity index (χ1n) is 5.43. The molecule has 88 valence electrons. The first kappa shape index (κ1) is 11.4. The third-order valence-corrected chi connectivity index (χ3v) is 2.64. The van der Waals surface area contributed by atoms with E-state index in [0.717, 1.165) is 12.0 Å². The Labute approximate surface area is 98.5 Å². The number of nitrogens with zero attached hydrogens (tertiary/aromatic N) is 1. The monoisotopic (exact) mass is 231 g/mol. The van der Waals surface area contributed by atoms with Crippen LogP contribution in [0.1, 0.15) is 18.2 Å². The Morgan fingerprint density at radius 1 is 1.35 bits per heavy atom. The second-order valence-corrected chi connectivity index (χ2v) is 3.91. The van der Waals surface area contributed by atoms with Crippen molar-refractivity contribution in [1.29, 1.82) is 0 Å². The highest BCUT2D eigenvalue weighted by Gasteiger charge is 2.08. The van der Waals surface area contributed by atoms with Crippen molar-refractivity contribution in [1.82, 2.24) is 4.98 Å². The van der Waals surface area contributed by atoms with Crippen LogP contribution >= 0.6 is 0 Å². The van der Waals surface area contributed by atoms with Gasteiger partial charge in [0, 0.05) is 11.5 Å². The van der Waals surface area contributed by atoms with Crippen LogP contribution in [0.3, 0.4) is 0 Å². The van der Waals surface area contributed by atoms with Crippen LogP contribution in [0.5, 0.6) is 5.75 Å². The van der Waals surface area contributed by atoms with Gasteiger partial charge < -0.3 is 10.2 Å². The first-order chi connectivity index (χ1) is 8.10. The van der Waals surface area contributed by atoms with Gasteiger partial charge in [0.15, 0.2) is 0 Å². The highest BCUT2D eigenvalue weighted by atomic mass is 16.4. The second-order valence-electron chi connectivity index (χ2n) is 3.91. The fourth-order valence-electron chi connectivity index (χ4n) is 1.77. The van der Waals surface area contributed by atoms with Crippen molar-refractivity contribution < 1.29 is 15.0 Å². The molecule has 4 heteroatoms. The predicted octanol–water partition coefficient (Wildman–Crippen LogP) is 2.13. The Kier molecular flexibility index (Phi) is 2.95. The van der Waals surface area contributed by atoms with Crippen LogP contribution in [0.2, 0.25) is 0 Å². The standard InChI is InChI=1S/C13H13NO3/c1-2-8-3-4-11-10(5-8)12(15)6-9(14-11)7-13(16)17/h3-6H,2,7H2,1H3,(H,14,15)(H,16,17). The minimum atomic E-state index is -0.957. The van der Waals surface area contributed by atoms with Gasteiger partial charge in [-0.2, -0.15) is 0 Å². The lowest BCUT2D eigenvalue weighted by Crippen LogP contribution is -2.02. The van der Waals surface area contributed by atoms with Crippen molar-refractivity contribution in [3.63, 3.8) is 0 Å². The molecule has 0 saturated carbocycles. The van der Waals surface area contributed by atoms with E-state index in [2.05, 4.69) is 4.98 Å². The molecule has 0 spiro atoms. The van der Waals surface area contributed by atoms with Crippen LogP contribution < -0.4 is 0 Å². The number of pyridine rings is 1. The molecule has 1 aromatic heterocycles. The van der Waals surface area contributed by atoms with E-state index in [-0.39, 0.29) is 12.2 Å². The molecule has 0 unspecified atom stereocenters. The Balaban J connectivity index is 2.55. The molecule has 0 aliphatic heterocycles. The summed E-state index contributed by atoms with van der Waals surface area (Å²) < 4.78 is 0. The largest absolute Gasteiger partial charge is 0.507 e. The van der Waals surface area contributed by atoms with Gasteiger partial charge in [0.25, 0.3) is 0 Å². The quantitative estimate of drug-likeness (QED) is 0.848. The molecule has 2 N–H and O–H groups in total. The van der Waals surface area contributed by atoms with Gasteiger partial charge in [0.1, 0.15) is 5.75 Å². The number of benzene rings is 1. The summed E-state index contributed by atoms with van der Waals surface area (Å²) in [4.78, 5) is 14.8. The van der Waals surface area contributed by atoms with Gasteiger partial charge in [-0.05, 0) is 24.1 Å². The van der Waals surface area contributed by atoms with Gasteiger partial charge in [-0.15, -0.1) is 0 Å². The summed E-state index contributed by atoms with van der Waals surface area (Å²) in [6.45, 7) is 2.03. The van der Waals surface area contributed by atoms with E-state index in [1.54, 1.807) is 6.07 Å². The molecule has 0 saturated heterocycles. The smallest absolute Gasteiger partial charge is 0.309 e. The summed E-state index contributed by atoms with van der Waals surface area (Å²) in [5, 5.41) is 19.2. The van der Waals surface area contributed by atoms with Crippen molar-refractivity contribution in [2.45, 2.75) is 19.8 Å². The lowest BCUT2D eigenvalue weighted by molar-refractivity contribution is -0.136. The zero-order valence-electron chi connectivity index (χ0n) is 9.47. The van der Waals surface area contributed by atoms with Crippen LogP contribution in [-0.2, 0) is 17.6 Å². The maximum Gasteiger partial charge on any atom is 0.309 e. The van der Waals surface area contributed by atoms with Crippen LogP contribution in [0.4, 0.5) is 0 Å². The first-order valence-corrected chi connectivity index (χ1v) is 5.43. The van der Waals surface area contributed by atoms with E-state index in [1.807, 2.05) is 19.1 Å². The number of rotatable bonds is 3. The fraction of sp³-hybridized carbons (Fsp3) is 0.231. The lowest BCUT2D eigenvalue weighted by atomic mass is 10.1. The molecule has 4 nitrogen and oxygen atoms in total. The minimum absolute atomic E-state index is 0.0848. The Morgan fingerprint density at radius 2 is 2.12 bits per heavy atom. The lowest BCUT2D eigenvalue weighted by Gasteiger charge is -2.05. The zero-order valence-corrected chi connectivity index (χ0v) is 9.47. The number of aliphatic carboxylic acids is 1. The Hall–Kier alpha value is -2.10. The van der Waals surface area contributed by atoms with Crippen LogP contribution in [0.25, 0.3) is 10.9 Å². The minimum Gasteiger partial charge on any atom is -0.507 e. The van der Waals surface area contributed by atoms with Crippen LogP contribution in [0.15, 0.2) is 24.3 Å². The van der Waals surface area contributed by atoms with Crippen molar-refractivity contribution in [3.8, 4) is 5.75 Å². The molecule has 0 aliphatic rings. The number of hydrogen-bond donors (Lipinski definition) is 2. The number of carbonyl (C=O) groups is 1. The summed E-state index contributed by atoms with van der Waals surface area (Å²) in [5.41, 5.74) is 2.10. The molecular weight excluding hydrogens is 218 g/mol. The highest BCUT2D eigenvalue weighted by molar-refractivity contribution is 5.86. The predicted molar refractivity (Wildman–Crippen MR) is 64.1 cm³/mol. The summed E-state index contributed by atoms with van der Waals surface area (Å²) in [5.74, 6) is -0.872. The van der Waals surface area contributed by atoms with Gasteiger partial charge >= 0.3 is 5.97 Å². The SMILES string of the molecule is CCc1ccc2nc(CC(=O)O)cc(O)c2c1. The average Bonchev–Trinajstić information content (AvgIpc) is 2.28. The normalized spacial score (nSPS) is 10.6. The van der Waals surface area contributed by atoms with E-state index >= 15 is 0 Å². The van der Waals surface area contributed by atoms with Gasteiger partial charge in [0.05, 0.1) is 17.6 Å². The summed E-state index contributed by atoms with van der Waals surface area (Å²) >= 11 is 0. The molecule has 0 bridgehead atoms. The molecular formula is C13H13NO3.